The summed E-state index contributed by atoms with van der Waals surface area (Å²) in [4.78, 5) is 15.4. The molecule has 0 radical (unpaired) electrons. The quantitative estimate of drug-likeness (QED) is 0.653. The molecule has 0 bridgehead atoms. The molecule has 1 heterocycles. The van der Waals surface area contributed by atoms with Crippen LogP contribution in [0.3, 0.4) is 0 Å². The number of aliphatic imine (C=N–C) groups is 1. The Labute approximate surface area is 114 Å². The van der Waals surface area contributed by atoms with Gasteiger partial charge in [0.2, 0.25) is 5.88 Å². The van der Waals surface area contributed by atoms with Crippen LogP contribution >= 0.6 is 0 Å². The number of pyridine rings is 1. The Morgan fingerprint density at radius 2 is 2.00 bits per heavy atom. The van der Waals surface area contributed by atoms with Gasteiger partial charge in [-0.15, -0.1) is 4.73 Å². The predicted molar refractivity (Wildman–Crippen MR) is 72.6 cm³/mol. The van der Waals surface area contributed by atoms with Crippen molar-refractivity contribution in [3.05, 3.63) is 57.6 Å². The first kappa shape index (κ1) is 13.8. The first-order chi connectivity index (χ1) is 9.41. The van der Waals surface area contributed by atoms with Crippen LogP contribution in [-0.2, 0) is 0 Å². The Bertz CT molecular complexity index is 751. The second kappa shape index (κ2) is 5.16. The van der Waals surface area contributed by atoms with E-state index in [1.807, 2.05) is 0 Å². The molecule has 0 aliphatic rings. The summed E-state index contributed by atoms with van der Waals surface area (Å²) >= 11 is 0. The third-order valence-corrected chi connectivity index (χ3v) is 2.87. The van der Waals surface area contributed by atoms with Crippen molar-refractivity contribution in [2.75, 3.05) is 0 Å². The minimum atomic E-state index is -0.748. The highest BCUT2D eigenvalue weighted by atomic mass is 19.1. The van der Waals surface area contributed by atoms with E-state index in [2.05, 4.69) is 4.99 Å². The Morgan fingerprint density at radius 3 is 2.65 bits per heavy atom. The van der Waals surface area contributed by atoms with Crippen molar-refractivity contribution in [1.29, 1.82) is 0 Å². The molecule has 0 aliphatic heterocycles. The maximum absolute atomic E-state index is 13.5. The molecule has 0 saturated heterocycles. The molecule has 1 aromatic carbocycles. The SMILES string of the molecule is C/C(=N\c1ccccc1F)c1c(C)cc(=O)n(O)c1O. The topological polar surface area (TPSA) is 74.8 Å². The van der Waals surface area contributed by atoms with Crippen molar-refractivity contribution in [1.82, 2.24) is 4.73 Å². The summed E-state index contributed by atoms with van der Waals surface area (Å²) in [6.45, 7) is 3.15. The summed E-state index contributed by atoms with van der Waals surface area (Å²) in [7, 11) is 0. The highest BCUT2D eigenvalue weighted by Gasteiger charge is 2.15. The molecule has 0 saturated carbocycles. The lowest BCUT2D eigenvalue weighted by Crippen LogP contribution is -2.20. The lowest BCUT2D eigenvalue weighted by Gasteiger charge is -2.10. The molecule has 6 heteroatoms. The molecule has 0 aliphatic carbocycles. The summed E-state index contributed by atoms with van der Waals surface area (Å²) in [6, 6.07) is 7.09. The number of rotatable bonds is 2. The maximum atomic E-state index is 13.5. The fourth-order valence-corrected chi connectivity index (χ4v) is 1.93. The number of para-hydroxylation sites is 1. The number of nitrogens with zero attached hydrogens (tertiary/aromatic N) is 2. The Balaban J connectivity index is 2.60. The van der Waals surface area contributed by atoms with E-state index in [9.17, 15) is 19.5 Å². The van der Waals surface area contributed by atoms with Crippen LogP contribution in [0.25, 0.3) is 0 Å². The molecule has 0 unspecified atom stereocenters. The van der Waals surface area contributed by atoms with Crippen LogP contribution in [0.5, 0.6) is 5.88 Å². The number of benzene rings is 1. The van der Waals surface area contributed by atoms with E-state index < -0.39 is 17.3 Å². The number of aromatic nitrogens is 1. The second-order valence-electron chi connectivity index (χ2n) is 4.32. The minimum absolute atomic E-state index is 0.111. The van der Waals surface area contributed by atoms with E-state index in [1.165, 1.54) is 12.1 Å². The van der Waals surface area contributed by atoms with Gasteiger partial charge in [-0.1, -0.05) is 12.1 Å². The number of halogens is 1. The largest absolute Gasteiger partial charge is 0.492 e. The first-order valence-electron chi connectivity index (χ1n) is 5.87. The normalized spacial score (nSPS) is 11.7. The predicted octanol–water partition coefficient (Wildman–Crippen LogP) is 2.38. The van der Waals surface area contributed by atoms with Crippen LogP contribution in [0.15, 0.2) is 40.1 Å². The zero-order chi connectivity index (χ0) is 14.9. The van der Waals surface area contributed by atoms with Crippen molar-refractivity contribution >= 4 is 11.4 Å². The van der Waals surface area contributed by atoms with Gasteiger partial charge in [0.1, 0.15) is 5.82 Å². The fourth-order valence-electron chi connectivity index (χ4n) is 1.93. The number of aromatic hydroxyl groups is 1. The third-order valence-electron chi connectivity index (χ3n) is 2.87. The standard InChI is InChI=1S/C14H13FN2O3/c1-8-7-12(18)17(20)14(19)13(8)9(2)16-11-6-4-3-5-10(11)15/h3-7,19-20H,1-2H3/b16-9+. The van der Waals surface area contributed by atoms with Gasteiger partial charge in [-0.05, 0) is 31.5 Å². The van der Waals surface area contributed by atoms with Crippen LogP contribution in [0.2, 0.25) is 0 Å². The molecule has 0 spiro atoms. The van der Waals surface area contributed by atoms with E-state index in [0.717, 1.165) is 6.07 Å². The van der Waals surface area contributed by atoms with E-state index in [-0.39, 0.29) is 21.7 Å². The zero-order valence-corrected chi connectivity index (χ0v) is 11.0. The molecule has 5 nitrogen and oxygen atoms in total. The highest BCUT2D eigenvalue weighted by molar-refractivity contribution is 6.03. The van der Waals surface area contributed by atoms with Gasteiger partial charge < -0.3 is 10.3 Å². The average molecular weight is 276 g/mol. The van der Waals surface area contributed by atoms with E-state index in [0.29, 0.717) is 5.56 Å². The van der Waals surface area contributed by atoms with Crippen LogP contribution in [0.1, 0.15) is 18.1 Å². The third kappa shape index (κ3) is 2.40. The van der Waals surface area contributed by atoms with Crippen molar-refractivity contribution < 1.29 is 14.7 Å². The zero-order valence-electron chi connectivity index (χ0n) is 11.0. The van der Waals surface area contributed by atoms with E-state index >= 15 is 0 Å². The molecule has 0 amide bonds. The fraction of sp³-hybridized carbons (Fsp3) is 0.143. The van der Waals surface area contributed by atoms with Gasteiger partial charge in [-0.2, -0.15) is 0 Å². The van der Waals surface area contributed by atoms with Crippen LogP contribution in [-0.4, -0.2) is 20.8 Å². The summed E-state index contributed by atoms with van der Waals surface area (Å²) in [5, 5.41) is 19.2. The molecule has 1 aromatic heterocycles. The molecule has 104 valence electrons. The Kier molecular flexibility index (Phi) is 3.56. The van der Waals surface area contributed by atoms with Gasteiger partial charge in [0.25, 0.3) is 5.56 Å². The highest BCUT2D eigenvalue weighted by Crippen LogP contribution is 2.23. The maximum Gasteiger partial charge on any atom is 0.286 e. The first-order valence-corrected chi connectivity index (χ1v) is 5.87. The summed E-state index contributed by atoms with van der Waals surface area (Å²) in [6.07, 6.45) is 0. The number of aryl methyl sites for hydroxylation is 1. The average Bonchev–Trinajstić information content (AvgIpc) is 2.39. The molecule has 2 aromatic rings. The Hall–Kier alpha value is -2.63. The van der Waals surface area contributed by atoms with Crippen LogP contribution < -0.4 is 5.56 Å². The van der Waals surface area contributed by atoms with Gasteiger partial charge in [-0.3, -0.25) is 4.79 Å². The van der Waals surface area contributed by atoms with Crippen molar-refractivity contribution in [3.63, 3.8) is 0 Å². The van der Waals surface area contributed by atoms with Gasteiger partial charge in [0, 0.05) is 6.07 Å². The Morgan fingerprint density at radius 1 is 1.35 bits per heavy atom. The van der Waals surface area contributed by atoms with Crippen molar-refractivity contribution in [3.8, 4) is 5.88 Å². The van der Waals surface area contributed by atoms with Gasteiger partial charge in [0.15, 0.2) is 0 Å². The molecule has 2 N–H and O–H groups in total. The number of hydrogen-bond donors (Lipinski definition) is 2. The molecule has 20 heavy (non-hydrogen) atoms. The van der Waals surface area contributed by atoms with Crippen LogP contribution in [0.4, 0.5) is 10.1 Å². The second-order valence-corrected chi connectivity index (χ2v) is 4.32. The monoisotopic (exact) mass is 276 g/mol. The van der Waals surface area contributed by atoms with Gasteiger partial charge in [-0.25, -0.2) is 9.38 Å². The van der Waals surface area contributed by atoms with E-state index in [4.69, 9.17) is 0 Å². The minimum Gasteiger partial charge on any atom is -0.492 e. The summed E-state index contributed by atoms with van der Waals surface area (Å²) in [5.74, 6) is -1.12. The van der Waals surface area contributed by atoms with Gasteiger partial charge in [0.05, 0.1) is 17.0 Å². The lowest BCUT2D eigenvalue weighted by molar-refractivity contribution is 0.143. The molecular formula is C14H13FN2O3. The molecule has 0 atom stereocenters. The lowest BCUT2D eigenvalue weighted by atomic mass is 10.1. The summed E-state index contributed by atoms with van der Waals surface area (Å²) < 4.78 is 13.7. The molecule has 0 fully saturated rings. The molecular weight excluding hydrogens is 263 g/mol. The van der Waals surface area contributed by atoms with Crippen molar-refractivity contribution in [2.24, 2.45) is 4.99 Å². The van der Waals surface area contributed by atoms with E-state index in [1.54, 1.807) is 26.0 Å². The summed E-state index contributed by atoms with van der Waals surface area (Å²) in [5.41, 5.74) is 0.278. The van der Waals surface area contributed by atoms with Crippen molar-refractivity contribution in [2.45, 2.75) is 13.8 Å². The molecule has 2 rings (SSSR count). The van der Waals surface area contributed by atoms with Crippen LogP contribution in [0, 0.1) is 12.7 Å². The smallest absolute Gasteiger partial charge is 0.286 e. The van der Waals surface area contributed by atoms with Gasteiger partial charge >= 0.3 is 0 Å². The number of hydrogen-bond acceptors (Lipinski definition) is 4.